The van der Waals surface area contributed by atoms with Crippen molar-refractivity contribution in [1.82, 2.24) is 15.3 Å². The van der Waals surface area contributed by atoms with Gasteiger partial charge in [0.1, 0.15) is 5.75 Å². The zero-order chi connectivity index (χ0) is 16.2. The van der Waals surface area contributed by atoms with Gasteiger partial charge >= 0.3 is 5.69 Å². The van der Waals surface area contributed by atoms with Gasteiger partial charge in [0.05, 0.1) is 11.0 Å². The van der Waals surface area contributed by atoms with E-state index in [9.17, 15) is 9.59 Å². The summed E-state index contributed by atoms with van der Waals surface area (Å²) >= 11 is 0. The van der Waals surface area contributed by atoms with Crippen molar-refractivity contribution in [2.75, 3.05) is 6.61 Å². The van der Waals surface area contributed by atoms with Crippen LogP contribution in [0.4, 0.5) is 0 Å². The Kier molecular flexibility index (Phi) is 4.14. The molecule has 0 atom stereocenters. The van der Waals surface area contributed by atoms with Crippen molar-refractivity contribution in [1.29, 1.82) is 0 Å². The predicted octanol–water partition coefficient (Wildman–Crippen LogP) is 1.86. The second-order valence-electron chi connectivity index (χ2n) is 5.29. The molecule has 3 N–H and O–H groups in total. The molecular formula is C17H17N3O3. The first-order chi connectivity index (χ1) is 11.1. The minimum absolute atomic E-state index is 0.0336. The first kappa shape index (κ1) is 14.9. The maximum atomic E-state index is 11.9. The molecule has 1 amide bonds. The maximum Gasteiger partial charge on any atom is 0.323 e. The number of carbonyl (C=O) groups excluding carboxylic acids is 1. The Hall–Kier alpha value is -3.02. The quantitative estimate of drug-likeness (QED) is 0.672. The highest BCUT2D eigenvalue weighted by molar-refractivity contribution is 5.78. The van der Waals surface area contributed by atoms with Gasteiger partial charge in [-0.05, 0) is 36.2 Å². The zero-order valence-electron chi connectivity index (χ0n) is 12.7. The van der Waals surface area contributed by atoms with Gasteiger partial charge in [-0.2, -0.15) is 0 Å². The SMILES string of the molecule is Cc1ccccc1OCC(=O)NCc1ccc2[nH]c(=O)[nH]c2c1. The summed E-state index contributed by atoms with van der Waals surface area (Å²) in [5, 5.41) is 2.79. The van der Waals surface area contributed by atoms with E-state index in [-0.39, 0.29) is 18.2 Å². The number of hydrogen-bond acceptors (Lipinski definition) is 3. The van der Waals surface area contributed by atoms with Crippen LogP contribution >= 0.6 is 0 Å². The Balaban J connectivity index is 1.55. The van der Waals surface area contributed by atoms with Crippen LogP contribution < -0.4 is 15.7 Å². The number of aromatic nitrogens is 2. The van der Waals surface area contributed by atoms with Crippen LogP contribution in [-0.2, 0) is 11.3 Å². The fourth-order valence-corrected chi connectivity index (χ4v) is 2.30. The number of para-hydroxylation sites is 1. The molecule has 0 saturated heterocycles. The van der Waals surface area contributed by atoms with Gasteiger partial charge in [0, 0.05) is 6.54 Å². The third-order valence-electron chi connectivity index (χ3n) is 3.52. The number of H-pyrrole nitrogens is 2. The van der Waals surface area contributed by atoms with E-state index in [1.54, 1.807) is 6.07 Å². The Labute approximate surface area is 132 Å². The van der Waals surface area contributed by atoms with Crippen LogP contribution in [0.1, 0.15) is 11.1 Å². The molecule has 3 rings (SSSR count). The Morgan fingerprint density at radius 1 is 1.13 bits per heavy atom. The summed E-state index contributed by atoms with van der Waals surface area (Å²) in [6.07, 6.45) is 0. The molecule has 0 aliphatic heterocycles. The lowest BCUT2D eigenvalue weighted by atomic mass is 10.2. The van der Waals surface area contributed by atoms with Gasteiger partial charge in [0.15, 0.2) is 6.61 Å². The third-order valence-corrected chi connectivity index (χ3v) is 3.52. The highest BCUT2D eigenvalue weighted by Crippen LogP contribution is 2.15. The summed E-state index contributed by atoms with van der Waals surface area (Å²) in [7, 11) is 0. The van der Waals surface area contributed by atoms with Crippen LogP contribution in [0.5, 0.6) is 5.75 Å². The van der Waals surface area contributed by atoms with E-state index in [0.29, 0.717) is 12.3 Å². The van der Waals surface area contributed by atoms with Gasteiger partial charge in [-0.1, -0.05) is 24.3 Å². The first-order valence-electron chi connectivity index (χ1n) is 7.28. The molecule has 0 unspecified atom stereocenters. The van der Waals surface area contributed by atoms with Crippen molar-refractivity contribution in [2.45, 2.75) is 13.5 Å². The van der Waals surface area contributed by atoms with Crippen LogP contribution in [0.2, 0.25) is 0 Å². The Morgan fingerprint density at radius 2 is 1.91 bits per heavy atom. The monoisotopic (exact) mass is 311 g/mol. The van der Waals surface area contributed by atoms with Crippen molar-refractivity contribution in [3.8, 4) is 5.75 Å². The summed E-state index contributed by atoms with van der Waals surface area (Å²) in [6.45, 7) is 2.27. The number of nitrogens with one attached hydrogen (secondary N) is 3. The number of fused-ring (bicyclic) bond motifs is 1. The molecule has 0 spiro atoms. The number of amides is 1. The van der Waals surface area contributed by atoms with Crippen molar-refractivity contribution < 1.29 is 9.53 Å². The Bertz CT molecular complexity index is 895. The van der Waals surface area contributed by atoms with Crippen LogP contribution in [0.25, 0.3) is 11.0 Å². The topological polar surface area (TPSA) is 87.0 Å². The molecule has 23 heavy (non-hydrogen) atoms. The van der Waals surface area contributed by atoms with Gasteiger partial charge in [-0.15, -0.1) is 0 Å². The molecule has 6 nitrogen and oxygen atoms in total. The fourth-order valence-electron chi connectivity index (χ4n) is 2.30. The summed E-state index contributed by atoms with van der Waals surface area (Å²) in [4.78, 5) is 28.5. The molecule has 118 valence electrons. The molecule has 0 bridgehead atoms. The van der Waals surface area contributed by atoms with Crippen LogP contribution in [0, 0.1) is 6.92 Å². The molecule has 3 aromatic rings. The van der Waals surface area contributed by atoms with Crippen molar-refractivity contribution in [3.05, 3.63) is 64.1 Å². The lowest BCUT2D eigenvalue weighted by Crippen LogP contribution is -2.28. The highest BCUT2D eigenvalue weighted by Gasteiger charge is 2.05. The van der Waals surface area contributed by atoms with Crippen LogP contribution in [-0.4, -0.2) is 22.5 Å². The second-order valence-corrected chi connectivity index (χ2v) is 5.29. The van der Waals surface area contributed by atoms with Gasteiger partial charge in [-0.25, -0.2) is 4.79 Å². The molecule has 6 heteroatoms. The van der Waals surface area contributed by atoms with E-state index >= 15 is 0 Å². The normalized spacial score (nSPS) is 10.7. The van der Waals surface area contributed by atoms with Crippen molar-refractivity contribution in [2.24, 2.45) is 0 Å². The van der Waals surface area contributed by atoms with E-state index in [0.717, 1.165) is 22.2 Å². The van der Waals surface area contributed by atoms with Gasteiger partial charge < -0.3 is 20.0 Å². The summed E-state index contributed by atoms with van der Waals surface area (Å²) in [5.41, 5.74) is 3.11. The lowest BCUT2D eigenvalue weighted by molar-refractivity contribution is -0.123. The molecule has 2 aromatic carbocycles. The highest BCUT2D eigenvalue weighted by atomic mass is 16.5. The number of carbonyl (C=O) groups is 1. The number of aromatic amines is 2. The molecule has 1 heterocycles. The minimum atomic E-state index is -0.243. The lowest BCUT2D eigenvalue weighted by Gasteiger charge is -2.09. The van der Waals surface area contributed by atoms with Crippen LogP contribution in [0.3, 0.4) is 0 Å². The van der Waals surface area contributed by atoms with Crippen LogP contribution in [0.15, 0.2) is 47.3 Å². The summed E-state index contributed by atoms with van der Waals surface area (Å²) in [6, 6.07) is 13.0. The average molecular weight is 311 g/mol. The largest absolute Gasteiger partial charge is 0.484 e. The maximum absolute atomic E-state index is 11.9. The molecule has 1 aromatic heterocycles. The fraction of sp³-hybridized carbons (Fsp3) is 0.176. The molecule has 0 radical (unpaired) electrons. The second kappa shape index (κ2) is 6.39. The minimum Gasteiger partial charge on any atom is -0.484 e. The zero-order valence-corrected chi connectivity index (χ0v) is 12.7. The Morgan fingerprint density at radius 3 is 2.74 bits per heavy atom. The summed E-state index contributed by atoms with van der Waals surface area (Å²) < 4.78 is 5.50. The standard InChI is InChI=1S/C17H17N3O3/c1-11-4-2-3-5-15(11)23-10-16(21)18-9-12-6-7-13-14(8-12)20-17(22)19-13/h2-8H,9-10H2,1H3,(H,18,21)(H2,19,20,22). The van der Waals surface area contributed by atoms with Gasteiger partial charge in [0.2, 0.25) is 0 Å². The van der Waals surface area contributed by atoms with E-state index in [1.807, 2.05) is 43.3 Å². The number of rotatable bonds is 5. The number of benzene rings is 2. The number of hydrogen-bond donors (Lipinski definition) is 3. The van der Waals surface area contributed by atoms with E-state index in [2.05, 4.69) is 15.3 Å². The third kappa shape index (κ3) is 3.60. The predicted molar refractivity (Wildman–Crippen MR) is 87.4 cm³/mol. The molecule has 0 saturated carbocycles. The number of ether oxygens (including phenoxy) is 1. The molecule has 0 aliphatic carbocycles. The van der Waals surface area contributed by atoms with Gasteiger partial charge in [0.25, 0.3) is 5.91 Å². The van der Waals surface area contributed by atoms with E-state index in [1.165, 1.54) is 0 Å². The first-order valence-corrected chi connectivity index (χ1v) is 7.28. The van der Waals surface area contributed by atoms with Gasteiger partial charge in [-0.3, -0.25) is 4.79 Å². The smallest absolute Gasteiger partial charge is 0.323 e. The molecular weight excluding hydrogens is 294 g/mol. The summed E-state index contributed by atoms with van der Waals surface area (Å²) in [5.74, 6) is 0.505. The van der Waals surface area contributed by atoms with E-state index < -0.39 is 0 Å². The average Bonchev–Trinajstić information content (AvgIpc) is 2.91. The van der Waals surface area contributed by atoms with E-state index in [4.69, 9.17) is 4.74 Å². The van der Waals surface area contributed by atoms with Crippen molar-refractivity contribution in [3.63, 3.8) is 0 Å². The number of imidazole rings is 1. The molecule has 0 fully saturated rings. The van der Waals surface area contributed by atoms with Crippen molar-refractivity contribution >= 4 is 16.9 Å². The number of aryl methyl sites for hydroxylation is 1. The molecule has 0 aliphatic rings.